The topological polar surface area (TPSA) is 71.1 Å². The molecule has 2 aromatic heterocycles. The van der Waals surface area contributed by atoms with Gasteiger partial charge in [-0.2, -0.15) is 0 Å². The molecule has 1 fully saturated rings. The van der Waals surface area contributed by atoms with E-state index in [9.17, 15) is 4.79 Å². The molecule has 1 aliphatic rings. The first-order chi connectivity index (χ1) is 12.1. The number of carbonyl (C=O) groups is 1. The fourth-order valence-corrected chi connectivity index (χ4v) is 4.22. The lowest BCUT2D eigenvalue weighted by Crippen LogP contribution is -2.31. The summed E-state index contributed by atoms with van der Waals surface area (Å²) in [5, 5.41) is 0.524. The molecule has 0 spiro atoms. The Hall–Kier alpha value is -2.41. The first kappa shape index (κ1) is 16.1. The lowest BCUT2D eigenvalue weighted by atomic mass is 10.2. The number of amides is 1. The van der Waals surface area contributed by atoms with Crippen molar-refractivity contribution in [2.45, 2.75) is 32.7 Å². The Balaban J connectivity index is 1.67. The van der Waals surface area contributed by atoms with Gasteiger partial charge in [0.05, 0.1) is 29.9 Å². The maximum Gasteiger partial charge on any atom is 0.273 e. The highest BCUT2D eigenvalue weighted by Gasteiger charge is 2.34. The molecule has 1 amide bonds. The van der Waals surface area contributed by atoms with Gasteiger partial charge in [0.15, 0.2) is 0 Å². The molecule has 1 saturated heterocycles. The molecular formula is C18H20N4O2S. The van der Waals surface area contributed by atoms with E-state index in [-0.39, 0.29) is 11.9 Å². The average molecular weight is 356 g/mol. The minimum absolute atomic E-state index is 0.0115. The Kier molecular flexibility index (Phi) is 3.95. The number of fused-ring (bicyclic) bond motifs is 1. The molecule has 4 rings (SSSR count). The van der Waals surface area contributed by atoms with E-state index in [1.807, 2.05) is 17.9 Å². The van der Waals surface area contributed by atoms with Gasteiger partial charge in [-0.25, -0.2) is 9.97 Å². The smallest absolute Gasteiger partial charge is 0.273 e. The lowest BCUT2D eigenvalue weighted by Gasteiger charge is -2.22. The number of benzene rings is 1. The summed E-state index contributed by atoms with van der Waals surface area (Å²) >= 11 is 1.30. The number of likely N-dealkylation sites (tertiary alicyclic amines) is 1. The van der Waals surface area contributed by atoms with Crippen LogP contribution in [0.15, 0.2) is 18.2 Å². The zero-order valence-electron chi connectivity index (χ0n) is 14.5. The molecule has 1 aromatic carbocycles. The second-order valence-corrected chi connectivity index (χ2v) is 7.36. The lowest BCUT2D eigenvalue weighted by molar-refractivity contribution is 0.0734. The third kappa shape index (κ3) is 2.78. The van der Waals surface area contributed by atoms with Crippen LogP contribution in [0.5, 0.6) is 5.19 Å². The predicted molar refractivity (Wildman–Crippen MR) is 97.2 cm³/mol. The first-order valence-corrected chi connectivity index (χ1v) is 9.17. The second-order valence-electron chi connectivity index (χ2n) is 6.40. The van der Waals surface area contributed by atoms with Crippen LogP contribution in [0.3, 0.4) is 0 Å². The molecule has 7 heteroatoms. The molecule has 3 heterocycles. The van der Waals surface area contributed by atoms with E-state index in [0.29, 0.717) is 10.1 Å². The van der Waals surface area contributed by atoms with E-state index in [2.05, 4.69) is 29.0 Å². The van der Waals surface area contributed by atoms with Crippen molar-refractivity contribution in [3.05, 3.63) is 40.2 Å². The van der Waals surface area contributed by atoms with Gasteiger partial charge in [0.2, 0.25) is 0 Å². The number of hydrogen-bond donors (Lipinski definition) is 1. The van der Waals surface area contributed by atoms with E-state index in [1.165, 1.54) is 16.9 Å². The van der Waals surface area contributed by atoms with Gasteiger partial charge in [0.1, 0.15) is 10.7 Å². The third-order valence-corrected chi connectivity index (χ3v) is 5.74. The quantitative estimate of drug-likeness (QED) is 0.778. The first-order valence-electron chi connectivity index (χ1n) is 8.35. The van der Waals surface area contributed by atoms with Crippen LogP contribution in [0.4, 0.5) is 0 Å². The van der Waals surface area contributed by atoms with Crippen LogP contribution in [0.25, 0.3) is 11.0 Å². The van der Waals surface area contributed by atoms with Gasteiger partial charge >= 0.3 is 0 Å². The molecule has 0 radical (unpaired) electrons. The molecule has 1 atom stereocenters. The van der Waals surface area contributed by atoms with Gasteiger partial charge in [-0.3, -0.25) is 4.79 Å². The number of rotatable bonds is 3. The summed E-state index contributed by atoms with van der Waals surface area (Å²) < 4.78 is 5.17. The molecule has 3 aromatic rings. The van der Waals surface area contributed by atoms with Crippen molar-refractivity contribution in [2.75, 3.05) is 13.7 Å². The number of carbonyl (C=O) groups excluding carboxylic acids is 1. The van der Waals surface area contributed by atoms with Crippen LogP contribution in [-0.2, 0) is 0 Å². The summed E-state index contributed by atoms with van der Waals surface area (Å²) in [6.07, 6.45) is 1.89. The molecule has 1 N–H and O–H groups in total. The highest BCUT2D eigenvalue weighted by Crippen LogP contribution is 2.35. The Labute approximate surface area is 149 Å². The molecule has 6 nitrogen and oxygen atoms in total. The van der Waals surface area contributed by atoms with E-state index in [1.54, 1.807) is 7.11 Å². The van der Waals surface area contributed by atoms with Gasteiger partial charge in [-0.1, -0.05) is 17.4 Å². The largest absolute Gasteiger partial charge is 0.473 e. The normalized spacial score (nSPS) is 17.4. The summed E-state index contributed by atoms with van der Waals surface area (Å²) in [5.74, 6) is 0.873. The van der Waals surface area contributed by atoms with E-state index in [4.69, 9.17) is 9.72 Å². The van der Waals surface area contributed by atoms with Crippen molar-refractivity contribution in [1.82, 2.24) is 19.9 Å². The zero-order valence-corrected chi connectivity index (χ0v) is 15.3. The molecular weight excluding hydrogens is 336 g/mol. The number of imidazole rings is 1. The highest BCUT2D eigenvalue weighted by molar-refractivity contribution is 7.15. The Bertz CT molecular complexity index is 946. The van der Waals surface area contributed by atoms with Crippen LogP contribution < -0.4 is 4.74 Å². The molecule has 1 aliphatic heterocycles. The summed E-state index contributed by atoms with van der Waals surface area (Å²) in [5.41, 5.74) is 3.87. The number of ether oxygens (including phenoxy) is 1. The van der Waals surface area contributed by atoms with Crippen molar-refractivity contribution in [1.29, 1.82) is 0 Å². The zero-order chi connectivity index (χ0) is 17.6. The molecule has 130 valence electrons. The van der Waals surface area contributed by atoms with Crippen LogP contribution in [0.1, 0.15) is 45.6 Å². The summed E-state index contributed by atoms with van der Waals surface area (Å²) in [4.78, 5) is 28.0. The van der Waals surface area contributed by atoms with E-state index >= 15 is 0 Å². The van der Waals surface area contributed by atoms with Crippen LogP contribution >= 0.6 is 11.3 Å². The van der Waals surface area contributed by atoms with Crippen molar-refractivity contribution < 1.29 is 9.53 Å². The van der Waals surface area contributed by atoms with Gasteiger partial charge in [0, 0.05) is 6.54 Å². The van der Waals surface area contributed by atoms with E-state index in [0.717, 1.165) is 41.9 Å². The Morgan fingerprint density at radius 3 is 2.96 bits per heavy atom. The second kappa shape index (κ2) is 6.15. The summed E-state index contributed by atoms with van der Waals surface area (Å²) in [7, 11) is 1.57. The molecule has 0 aliphatic carbocycles. The maximum atomic E-state index is 13.0. The van der Waals surface area contributed by atoms with Gasteiger partial charge in [0.25, 0.3) is 11.1 Å². The molecule has 0 saturated carbocycles. The van der Waals surface area contributed by atoms with Gasteiger partial charge in [-0.15, -0.1) is 0 Å². The van der Waals surface area contributed by atoms with Crippen molar-refractivity contribution >= 4 is 28.3 Å². The highest BCUT2D eigenvalue weighted by atomic mass is 32.1. The standard InChI is InChI=1S/C18H20N4O2S/c1-10-6-7-12-13(9-10)21-16(20-12)14-5-4-8-22(14)17(23)15-11(2)19-18(24-3)25-15/h6-7,9,14H,4-5,8H2,1-3H3,(H,20,21)/t14-/m1/s1. The Morgan fingerprint density at radius 1 is 1.36 bits per heavy atom. The third-order valence-electron chi connectivity index (χ3n) is 4.63. The van der Waals surface area contributed by atoms with Gasteiger partial charge < -0.3 is 14.6 Å². The number of methoxy groups -OCH3 is 1. The van der Waals surface area contributed by atoms with E-state index < -0.39 is 0 Å². The molecule has 0 bridgehead atoms. The monoisotopic (exact) mass is 356 g/mol. The molecule has 0 unspecified atom stereocenters. The van der Waals surface area contributed by atoms with Crippen molar-refractivity contribution in [3.63, 3.8) is 0 Å². The Morgan fingerprint density at radius 2 is 2.20 bits per heavy atom. The minimum atomic E-state index is -0.0206. The number of thiazole rings is 1. The number of nitrogens with one attached hydrogen (secondary N) is 1. The minimum Gasteiger partial charge on any atom is -0.473 e. The van der Waals surface area contributed by atoms with Crippen molar-refractivity contribution in [3.8, 4) is 5.19 Å². The average Bonchev–Trinajstić information content (AvgIpc) is 3.30. The SMILES string of the molecule is COc1nc(C)c(C(=O)N2CCC[C@@H]2c2nc3ccc(C)cc3[nH]2)s1. The number of aryl methyl sites for hydroxylation is 2. The van der Waals surface area contributed by atoms with Crippen molar-refractivity contribution in [2.24, 2.45) is 0 Å². The number of aromatic nitrogens is 3. The predicted octanol–water partition coefficient (Wildman–Crippen LogP) is 3.62. The van der Waals surface area contributed by atoms with Gasteiger partial charge in [-0.05, 0) is 44.4 Å². The number of nitrogens with zero attached hydrogens (tertiary/aromatic N) is 3. The number of H-pyrrole nitrogens is 1. The summed E-state index contributed by atoms with van der Waals surface area (Å²) in [6.45, 7) is 4.64. The van der Waals surface area contributed by atoms with Crippen LogP contribution in [-0.4, -0.2) is 39.4 Å². The van der Waals surface area contributed by atoms with Crippen LogP contribution in [0.2, 0.25) is 0 Å². The fraction of sp³-hybridized carbons (Fsp3) is 0.389. The summed E-state index contributed by atoms with van der Waals surface area (Å²) in [6, 6.07) is 6.14. The number of aromatic amines is 1. The number of hydrogen-bond acceptors (Lipinski definition) is 5. The maximum absolute atomic E-state index is 13.0. The fourth-order valence-electron chi connectivity index (χ4n) is 3.38. The molecule has 25 heavy (non-hydrogen) atoms. The van der Waals surface area contributed by atoms with Crippen LogP contribution in [0, 0.1) is 13.8 Å².